The van der Waals surface area contributed by atoms with Crippen molar-refractivity contribution < 1.29 is 5.11 Å². The first kappa shape index (κ1) is 13.2. The van der Waals surface area contributed by atoms with Gasteiger partial charge in [-0.05, 0) is 57.4 Å². The molecule has 0 amide bonds. The third kappa shape index (κ3) is 4.77. The van der Waals surface area contributed by atoms with Gasteiger partial charge in [-0.15, -0.1) is 0 Å². The van der Waals surface area contributed by atoms with E-state index in [1.165, 1.54) is 16.7 Å². The van der Waals surface area contributed by atoms with Crippen LogP contribution in [0, 0.1) is 13.8 Å². The van der Waals surface area contributed by atoms with Crippen molar-refractivity contribution in [3.8, 4) is 0 Å². The van der Waals surface area contributed by atoms with Gasteiger partial charge in [0.25, 0.3) is 0 Å². The molecule has 90 valence electrons. The Bertz CT molecular complexity index is 339. The van der Waals surface area contributed by atoms with E-state index in [-0.39, 0.29) is 0 Å². The van der Waals surface area contributed by atoms with E-state index in [2.05, 4.69) is 37.4 Å². The van der Waals surface area contributed by atoms with Crippen LogP contribution in [-0.2, 0) is 6.42 Å². The van der Waals surface area contributed by atoms with E-state index in [1.807, 2.05) is 13.8 Å². The molecule has 2 nitrogen and oxygen atoms in total. The van der Waals surface area contributed by atoms with Gasteiger partial charge in [0.15, 0.2) is 0 Å². The zero-order chi connectivity index (χ0) is 12.2. The third-order valence-electron chi connectivity index (χ3n) is 2.72. The molecule has 1 rings (SSSR count). The second-order valence-electron chi connectivity index (χ2n) is 5.16. The lowest BCUT2D eigenvalue weighted by Crippen LogP contribution is -2.35. The first-order valence-corrected chi connectivity index (χ1v) is 5.88. The van der Waals surface area contributed by atoms with Crippen LogP contribution in [0.5, 0.6) is 0 Å². The summed E-state index contributed by atoms with van der Waals surface area (Å²) >= 11 is 0. The first-order chi connectivity index (χ1) is 7.38. The highest BCUT2D eigenvalue weighted by Crippen LogP contribution is 2.10. The Kier molecular flexibility index (Phi) is 4.51. The Morgan fingerprint density at radius 1 is 1.19 bits per heavy atom. The second kappa shape index (κ2) is 5.46. The molecule has 2 N–H and O–H groups in total. The number of aliphatic hydroxyl groups is 1. The average molecular weight is 221 g/mol. The minimum absolute atomic E-state index is 0.622. The Morgan fingerprint density at radius 2 is 1.88 bits per heavy atom. The highest BCUT2D eigenvalue weighted by atomic mass is 16.3. The summed E-state index contributed by atoms with van der Waals surface area (Å²) in [5.41, 5.74) is 3.42. The van der Waals surface area contributed by atoms with E-state index in [4.69, 9.17) is 0 Å². The van der Waals surface area contributed by atoms with Gasteiger partial charge >= 0.3 is 0 Å². The molecular weight excluding hydrogens is 198 g/mol. The highest BCUT2D eigenvalue weighted by molar-refractivity contribution is 5.29. The minimum atomic E-state index is -0.622. The molecule has 0 spiro atoms. The topological polar surface area (TPSA) is 32.3 Å². The van der Waals surface area contributed by atoms with E-state index in [1.54, 1.807) is 0 Å². The summed E-state index contributed by atoms with van der Waals surface area (Å²) in [6.45, 7) is 9.45. The molecule has 0 unspecified atom stereocenters. The summed E-state index contributed by atoms with van der Waals surface area (Å²) in [6, 6.07) is 6.58. The van der Waals surface area contributed by atoms with E-state index < -0.39 is 5.60 Å². The number of nitrogens with one attached hydrogen (secondary N) is 1. The molecule has 0 aliphatic heterocycles. The lowest BCUT2D eigenvalue weighted by Gasteiger charge is -2.17. The number of benzene rings is 1. The van der Waals surface area contributed by atoms with Gasteiger partial charge in [0.05, 0.1) is 5.60 Å². The SMILES string of the molecule is Cc1ccc(CCNCC(C)(C)O)cc1C. The molecule has 0 saturated heterocycles. The maximum absolute atomic E-state index is 9.53. The summed E-state index contributed by atoms with van der Waals surface area (Å²) in [5, 5.41) is 12.8. The van der Waals surface area contributed by atoms with Gasteiger partial charge < -0.3 is 10.4 Å². The molecule has 2 heteroatoms. The zero-order valence-electron chi connectivity index (χ0n) is 10.8. The number of aryl methyl sites for hydroxylation is 2. The van der Waals surface area contributed by atoms with Gasteiger partial charge in [-0.25, -0.2) is 0 Å². The maximum Gasteiger partial charge on any atom is 0.0715 e. The van der Waals surface area contributed by atoms with E-state index in [9.17, 15) is 5.11 Å². The van der Waals surface area contributed by atoms with Crippen LogP contribution in [0.25, 0.3) is 0 Å². The molecule has 0 aliphatic carbocycles. The van der Waals surface area contributed by atoms with Gasteiger partial charge in [0.2, 0.25) is 0 Å². The number of rotatable bonds is 5. The molecular formula is C14H23NO. The van der Waals surface area contributed by atoms with Crippen LogP contribution in [0.2, 0.25) is 0 Å². The molecule has 0 saturated carbocycles. The van der Waals surface area contributed by atoms with Crippen molar-refractivity contribution in [3.63, 3.8) is 0 Å². The molecule has 0 heterocycles. The number of hydrogen-bond donors (Lipinski definition) is 2. The molecule has 0 radical (unpaired) electrons. The van der Waals surface area contributed by atoms with Gasteiger partial charge in [-0.1, -0.05) is 18.2 Å². The van der Waals surface area contributed by atoms with Crippen LogP contribution in [0.3, 0.4) is 0 Å². The maximum atomic E-state index is 9.53. The van der Waals surface area contributed by atoms with Crippen molar-refractivity contribution >= 4 is 0 Å². The minimum Gasteiger partial charge on any atom is -0.389 e. The van der Waals surface area contributed by atoms with Crippen LogP contribution in [0.15, 0.2) is 18.2 Å². The van der Waals surface area contributed by atoms with E-state index >= 15 is 0 Å². The largest absolute Gasteiger partial charge is 0.389 e. The second-order valence-corrected chi connectivity index (χ2v) is 5.16. The Hall–Kier alpha value is -0.860. The van der Waals surface area contributed by atoms with Crippen LogP contribution < -0.4 is 5.32 Å². The van der Waals surface area contributed by atoms with Gasteiger partial charge in [0.1, 0.15) is 0 Å². The van der Waals surface area contributed by atoms with Gasteiger partial charge in [-0.2, -0.15) is 0 Å². The van der Waals surface area contributed by atoms with Crippen molar-refractivity contribution in [1.82, 2.24) is 5.32 Å². The predicted octanol–water partition coefficient (Wildman–Crippen LogP) is 2.21. The monoisotopic (exact) mass is 221 g/mol. The van der Waals surface area contributed by atoms with Crippen molar-refractivity contribution in [2.45, 2.75) is 39.7 Å². The normalized spacial score (nSPS) is 11.8. The third-order valence-corrected chi connectivity index (χ3v) is 2.72. The number of hydrogen-bond acceptors (Lipinski definition) is 2. The van der Waals surface area contributed by atoms with Crippen molar-refractivity contribution in [2.75, 3.05) is 13.1 Å². The van der Waals surface area contributed by atoms with E-state index in [0.717, 1.165) is 13.0 Å². The summed E-state index contributed by atoms with van der Waals surface area (Å²) in [7, 11) is 0. The van der Waals surface area contributed by atoms with Crippen LogP contribution in [-0.4, -0.2) is 23.8 Å². The Morgan fingerprint density at radius 3 is 2.44 bits per heavy atom. The highest BCUT2D eigenvalue weighted by Gasteiger charge is 2.10. The molecule has 0 aromatic heterocycles. The molecule has 0 aliphatic rings. The van der Waals surface area contributed by atoms with Crippen molar-refractivity contribution in [3.05, 3.63) is 34.9 Å². The Balaban J connectivity index is 2.35. The van der Waals surface area contributed by atoms with Crippen molar-refractivity contribution in [2.24, 2.45) is 0 Å². The fourth-order valence-electron chi connectivity index (χ4n) is 1.59. The van der Waals surface area contributed by atoms with Gasteiger partial charge in [0, 0.05) is 6.54 Å². The quantitative estimate of drug-likeness (QED) is 0.747. The average Bonchev–Trinajstić information content (AvgIpc) is 2.17. The Labute approximate surface area is 98.7 Å². The molecule has 0 atom stereocenters. The van der Waals surface area contributed by atoms with Crippen LogP contribution in [0.4, 0.5) is 0 Å². The van der Waals surface area contributed by atoms with Gasteiger partial charge in [-0.3, -0.25) is 0 Å². The molecule has 1 aromatic rings. The lowest BCUT2D eigenvalue weighted by molar-refractivity contribution is 0.0801. The standard InChI is InChI=1S/C14H23NO/c1-11-5-6-13(9-12(11)2)7-8-15-10-14(3,4)16/h5-6,9,15-16H,7-8,10H2,1-4H3. The first-order valence-electron chi connectivity index (χ1n) is 5.88. The summed E-state index contributed by atoms with van der Waals surface area (Å²) < 4.78 is 0. The molecule has 0 bridgehead atoms. The molecule has 16 heavy (non-hydrogen) atoms. The van der Waals surface area contributed by atoms with Crippen molar-refractivity contribution in [1.29, 1.82) is 0 Å². The fraction of sp³-hybridized carbons (Fsp3) is 0.571. The fourth-order valence-corrected chi connectivity index (χ4v) is 1.59. The van der Waals surface area contributed by atoms with Crippen LogP contribution in [0.1, 0.15) is 30.5 Å². The van der Waals surface area contributed by atoms with Crippen LogP contribution >= 0.6 is 0 Å². The zero-order valence-corrected chi connectivity index (χ0v) is 10.8. The smallest absolute Gasteiger partial charge is 0.0715 e. The molecule has 1 aromatic carbocycles. The summed E-state index contributed by atoms with van der Waals surface area (Å²) in [5.74, 6) is 0. The lowest BCUT2D eigenvalue weighted by atomic mass is 10.0. The summed E-state index contributed by atoms with van der Waals surface area (Å²) in [6.07, 6.45) is 1.01. The predicted molar refractivity (Wildman–Crippen MR) is 68.8 cm³/mol. The van der Waals surface area contributed by atoms with E-state index in [0.29, 0.717) is 6.54 Å². The molecule has 0 fully saturated rings. The summed E-state index contributed by atoms with van der Waals surface area (Å²) in [4.78, 5) is 0.